The molecule has 0 heterocycles. The number of hydrogen-bond donors (Lipinski definition) is 6. The Kier molecular flexibility index (Phi) is 28.2. The van der Waals surface area contributed by atoms with Crippen molar-refractivity contribution in [3.8, 4) is 0 Å². The molecule has 3 atom stereocenters. The number of benzene rings is 3. The van der Waals surface area contributed by atoms with Gasteiger partial charge in [0, 0.05) is 129 Å². The Labute approximate surface area is 405 Å². The Bertz CT molecular complexity index is 2020. The molecule has 0 aromatic heterocycles. The summed E-state index contributed by atoms with van der Waals surface area (Å²) < 4.78 is 0. The van der Waals surface area contributed by atoms with Crippen molar-refractivity contribution >= 4 is 52.1 Å². The summed E-state index contributed by atoms with van der Waals surface area (Å²) in [4.78, 5) is 75.7. The van der Waals surface area contributed by atoms with Crippen molar-refractivity contribution in [1.29, 1.82) is 0 Å². The summed E-state index contributed by atoms with van der Waals surface area (Å²) in [6, 6.07) is 22.3. The molecule has 3 aromatic rings. The number of nitrogens with zero attached hydrogens (tertiary/aromatic N) is 3. The minimum absolute atomic E-state index is 0. The minimum Gasteiger partial charge on any atom is -0.378 e. The van der Waals surface area contributed by atoms with Crippen LogP contribution in [-0.2, 0) is 31.5 Å². The average Bonchev–Trinajstić information content (AvgIpc) is 3.31. The van der Waals surface area contributed by atoms with Crippen LogP contribution < -0.4 is 31.1 Å². The van der Waals surface area contributed by atoms with E-state index in [2.05, 4.69) is 0 Å². The van der Waals surface area contributed by atoms with Crippen molar-refractivity contribution in [2.24, 2.45) is 17.8 Å². The van der Waals surface area contributed by atoms with E-state index in [4.69, 9.17) is 15.6 Å². The van der Waals surface area contributed by atoms with Gasteiger partial charge in [0.15, 0.2) is 17.3 Å². The molecule has 15 nitrogen and oxygen atoms in total. The Morgan fingerprint density at radius 3 is 0.761 bits per heavy atom. The van der Waals surface area contributed by atoms with Gasteiger partial charge in [0.2, 0.25) is 0 Å². The molecule has 3 amide bonds. The zero-order chi connectivity index (χ0) is 50.1. The molecular weight excluding hydrogens is 896 g/mol. The second-order valence-electron chi connectivity index (χ2n) is 15.9. The summed E-state index contributed by atoms with van der Waals surface area (Å²) in [6.07, 6.45) is 13.6. The van der Waals surface area contributed by atoms with E-state index in [1.54, 1.807) is 57.2 Å². The molecule has 0 bridgehead atoms. The first kappa shape index (κ1) is 60.3. The molecule has 67 heavy (non-hydrogen) atoms. The van der Waals surface area contributed by atoms with E-state index in [9.17, 15) is 28.8 Å². The molecule has 0 saturated carbocycles. The van der Waals surface area contributed by atoms with Crippen LogP contribution in [-0.4, -0.2) is 93.0 Å². The molecule has 0 radical (unpaired) electrons. The molecule has 0 fully saturated rings. The smallest absolute Gasteiger partial charge is 0.267 e. The van der Waals surface area contributed by atoms with E-state index in [0.29, 0.717) is 16.7 Å². The van der Waals surface area contributed by atoms with Gasteiger partial charge in [-0.25, -0.2) is 16.4 Å². The monoisotopic (exact) mass is 962 g/mol. The molecular formula is C51H66FeN6O9. The molecule has 362 valence electrons. The molecule has 6 N–H and O–H groups in total. The normalized spacial score (nSPS) is 12.9. The number of hydrogen-bond acceptors (Lipinski definition) is 12. The Morgan fingerprint density at radius 2 is 0.597 bits per heavy atom. The number of allylic oxidation sites excluding steroid dienone is 9. The van der Waals surface area contributed by atoms with Crippen molar-refractivity contribution in [2.75, 3.05) is 57.0 Å². The summed E-state index contributed by atoms with van der Waals surface area (Å²) in [6.45, 7) is 10.8. The minimum atomic E-state index is -0.606. The van der Waals surface area contributed by atoms with E-state index < -0.39 is 17.7 Å². The number of anilines is 3. The summed E-state index contributed by atoms with van der Waals surface area (Å²) in [5.41, 5.74) is 11.9. The van der Waals surface area contributed by atoms with Crippen LogP contribution in [0.1, 0.15) is 72.6 Å². The third kappa shape index (κ3) is 22.9. The molecule has 0 spiro atoms. The van der Waals surface area contributed by atoms with Gasteiger partial charge in [0.25, 0.3) is 17.7 Å². The fraction of sp³-hybridized carbons (Fsp3) is 0.294. The van der Waals surface area contributed by atoms with E-state index in [1.807, 2.05) is 151 Å². The van der Waals surface area contributed by atoms with E-state index in [-0.39, 0.29) is 52.2 Å². The Hall–Kier alpha value is -6.68. The molecule has 16 heteroatoms. The number of nitrogens with one attached hydrogen (secondary N) is 3. The van der Waals surface area contributed by atoms with Gasteiger partial charge < -0.3 is 14.7 Å². The maximum atomic E-state index is 12.4. The van der Waals surface area contributed by atoms with Gasteiger partial charge in [-0.2, -0.15) is 0 Å². The van der Waals surface area contributed by atoms with Gasteiger partial charge in [-0.1, -0.05) is 73.9 Å². The predicted octanol–water partition coefficient (Wildman–Crippen LogP) is 7.74. The first-order chi connectivity index (χ1) is 31.0. The fourth-order valence-corrected chi connectivity index (χ4v) is 5.87. The van der Waals surface area contributed by atoms with E-state index >= 15 is 0 Å². The standard InChI is InChI=1S/3C17H22N2O3.Fe/c3*1-12(5-10-16(20)18-22)11-13(2)17(21)14-6-8-15(9-7-14)19(3)4;/h3*5-11,13,22H,1-4H3,(H,18,20);/b3*10-5+,12-11+;/t3*13-;/m111./s1. The SMILES string of the molecule is CC(/C=C/C(=O)NO)=C\[C@@H](C)C(=O)c1ccc(N(C)C)cc1.CC(/C=C/C(=O)NO)=C\[C@@H](C)C(=O)c1ccc(N(C)C)cc1.CC(/C=C/C(=O)NO)=C\[C@@H](C)C(=O)c1ccc(N(C)C)cc1.[Fe]. The fourth-order valence-electron chi connectivity index (χ4n) is 5.87. The summed E-state index contributed by atoms with van der Waals surface area (Å²) in [5, 5.41) is 25.2. The van der Waals surface area contributed by atoms with Crippen LogP contribution in [0.5, 0.6) is 0 Å². The molecule has 0 aliphatic heterocycles. The zero-order valence-electron chi connectivity index (χ0n) is 40.3. The van der Waals surface area contributed by atoms with Gasteiger partial charge in [-0.3, -0.25) is 44.4 Å². The second-order valence-corrected chi connectivity index (χ2v) is 15.9. The number of rotatable bonds is 18. The van der Waals surface area contributed by atoms with Crippen LogP contribution in [0.3, 0.4) is 0 Å². The van der Waals surface area contributed by atoms with Gasteiger partial charge in [-0.05, 0) is 93.6 Å². The number of amides is 3. The molecule has 3 rings (SSSR count). The molecule has 0 unspecified atom stereocenters. The van der Waals surface area contributed by atoms with Crippen molar-refractivity contribution in [1.82, 2.24) is 16.4 Å². The zero-order valence-corrected chi connectivity index (χ0v) is 41.4. The Morgan fingerprint density at radius 1 is 0.403 bits per heavy atom. The molecule has 0 aliphatic carbocycles. The number of ketones is 3. The van der Waals surface area contributed by atoms with Crippen LogP contribution in [0.4, 0.5) is 17.1 Å². The third-order valence-corrected chi connectivity index (χ3v) is 9.61. The van der Waals surface area contributed by atoms with Crippen LogP contribution in [0.15, 0.2) is 144 Å². The van der Waals surface area contributed by atoms with Crippen molar-refractivity contribution in [3.05, 3.63) is 161 Å². The number of hydroxylamine groups is 3. The molecule has 3 aromatic carbocycles. The first-order valence-corrected chi connectivity index (χ1v) is 20.9. The topological polar surface area (TPSA) is 209 Å². The maximum Gasteiger partial charge on any atom is 0.267 e. The second kappa shape index (κ2) is 31.3. The summed E-state index contributed by atoms with van der Waals surface area (Å²) in [5.74, 6) is -2.66. The predicted molar refractivity (Wildman–Crippen MR) is 261 cm³/mol. The van der Waals surface area contributed by atoms with Crippen molar-refractivity contribution in [2.45, 2.75) is 41.5 Å². The van der Waals surface area contributed by atoms with Crippen LogP contribution >= 0.6 is 0 Å². The Balaban J connectivity index is 0.000000968. The van der Waals surface area contributed by atoms with Crippen molar-refractivity contribution in [3.63, 3.8) is 0 Å². The van der Waals surface area contributed by atoms with Gasteiger partial charge in [-0.15, -0.1) is 0 Å². The van der Waals surface area contributed by atoms with Crippen LogP contribution in [0.2, 0.25) is 0 Å². The molecule has 0 aliphatic rings. The molecule has 0 saturated heterocycles. The van der Waals surface area contributed by atoms with Gasteiger partial charge in [0.1, 0.15) is 0 Å². The average molecular weight is 963 g/mol. The van der Waals surface area contributed by atoms with Crippen molar-refractivity contribution < 1.29 is 61.5 Å². The first-order valence-electron chi connectivity index (χ1n) is 20.9. The third-order valence-electron chi connectivity index (χ3n) is 9.61. The number of carbonyl (C=O) groups excluding carboxylic acids is 6. The number of carbonyl (C=O) groups is 6. The van der Waals surface area contributed by atoms with Gasteiger partial charge >= 0.3 is 0 Å². The summed E-state index contributed by atoms with van der Waals surface area (Å²) >= 11 is 0. The quantitative estimate of drug-likeness (QED) is 0.0181. The maximum absolute atomic E-state index is 12.4. The van der Waals surface area contributed by atoms with E-state index in [1.165, 1.54) is 34.7 Å². The van der Waals surface area contributed by atoms with Crippen LogP contribution in [0.25, 0.3) is 0 Å². The largest absolute Gasteiger partial charge is 0.378 e. The van der Waals surface area contributed by atoms with E-state index in [0.717, 1.165) is 33.8 Å². The number of Topliss-reactive ketones (excluding diaryl/α,β-unsaturated/α-hetero) is 3. The summed E-state index contributed by atoms with van der Waals surface area (Å²) in [7, 11) is 11.7. The van der Waals surface area contributed by atoms with Crippen LogP contribution in [0, 0.1) is 17.8 Å². The van der Waals surface area contributed by atoms with Gasteiger partial charge in [0.05, 0.1) is 0 Å².